The number of benzene rings is 3. The summed E-state index contributed by atoms with van der Waals surface area (Å²) in [5.41, 5.74) is 6.46. The van der Waals surface area contributed by atoms with Crippen LogP contribution in [0.2, 0.25) is 0 Å². The molecule has 10 heteroatoms. The number of carbonyl (C=O) groups is 1. The van der Waals surface area contributed by atoms with Gasteiger partial charge in [-0.25, -0.2) is 5.43 Å². The van der Waals surface area contributed by atoms with Crippen molar-refractivity contribution >= 4 is 45.5 Å². The summed E-state index contributed by atoms with van der Waals surface area (Å²) in [6.07, 6.45) is 1.56. The van der Waals surface area contributed by atoms with Crippen molar-refractivity contribution in [1.82, 2.24) is 20.2 Å². The predicted octanol–water partition coefficient (Wildman–Crippen LogP) is 5.59. The zero-order chi connectivity index (χ0) is 26.2. The number of aromatic nitrogens is 3. The van der Waals surface area contributed by atoms with Gasteiger partial charge in [0.2, 0.25) is 0 Å². The average molecular weight is 580 g/mol. The topological polar surface area (TPSA) is 93.4 Å². The number of halogens is 1. The van der Waals surface area contributed by atoms with Gasteiger partial charge in [-0.15, -0.1) is 10.2 Å². The maximum Gasteiger partial charge on any atom is 0.253 e. The van der Waals surface area contributed by atoms with Gasteiger partial charge in [0, 0.05) is 21.4 Å². The van der Waals surface area contributed by atoms with Gasteiger partial charge in [-0.1, -0.05) is 63.6 Å². The van der Waals surface area contributed by atoms with E-state index in [1.807, 2.05) is 72.2 Å². The molecule has 1 atom stereocenters. The van der Waals surface area contributed by atoms with Gasteiger partial charge in [-0.05, 0) is 56.3 Å². The Bertz CT molecular complexity index is 1380. The molecule has 0 aliphatic rings. The van der Waals surface area contributed by atoms with Gasteiger partial charge in [0.25, 0.3) is 5.91 Å². The number of methoxy groups -OCH3 is 1. The van der Waals surface area contributed by atoms with E-state index in [1.165, 1.54) is 17.3 Å². The first-order valence-corrected chi connectivity index (χ1v) is 13.2. The van der Waals surface area contributed by atoms with Crippen molar-refractivity contribution in [1.29, 1.82) is 0 Å². The maximum atomic E-state index is 12.8. The van der Waals surface area contributed by atoms with Crippen LogP contribution in [0.5, 0.6) is 5.75 Å². The van der Waals surface area contributed by atoms with Crippen LogP contribution in [0, 0.1) is 6.92 Å². The highest BCUT2D eigenvalue weighted by Crippen LogP contribution is 2.26. The van der Waals surface area contributed by atoms with Crippen molar-refractivity contribution in [2.24, 2.45) is 5.10 Å². The van der Waals surface area contributed by atoms with Gasteiger partial charge >= 0.3 is 0 Å². The SMILES string of the molecule is COc1ccc(Br)cc1/C=N/NC(=O)C(C)Sc1nnc(CNc2ccc(C)cc2)n1-c1ccccc1. The van der Waals surface area contributed by atoms with Crippen molar-refractivity contribution in [2.75, 3.05) is 12.4 Å². The second-order valence-electron chi connectivity index (χ2n) is 8.17. The van der Waals surface area contributed by atoms with Crippen molar-refractivity contribution in [3.8, 4) is 11.4 Å². The number of hydrogen-bond donors (Lipinski definition) is 2. The number of nitrogens with zero attached hydrogens (tertiary/aromatic N) is 4. The molecular formula is C27H27BrN6O2S. The Morgan fingerprint density at radius 3 is 2.62 bits per heavy atom. The normalized spacial score (nSPS) is 11.9. The Balaban J connectivity index is 1.47. The monoisotopic (exact) mass is 578 g/mol. The molecule has 0 aliphatic carbocycles. The van der Waals surface area contributed by atoms with Crippen LogP contribution < -0.4 is 15.5 Å². The van der Waals surface area contributed by atoms with Crippen LogP contribution in [-0.2, 0) is 11.3 Å². The summed E-state index contributed by atoms with van der Waals surface area (Å²) < 4.78 is 8.19. The molecular weight excluding hydrogens is 552 g/mol. The third-order valence-corrected chi connectivity index (χ3v) is 6.97. The van der Waals surface area contributed by atoms with E-state index >= 15 is 0 Å². The molecule has 37 heavy (non-hydrogen) atoms. The van der Waals surface area contributed by atoms with Gasteiger partial charge < -0.3 is 10.1 Å². The fraction of sp³-hybridized carbons (Fsp3) is 0.185. The van der Waals surface area contributed by atoms with Gasteiger partial charge in [0.1, 0.15) is 5.75 Å². The van der Waals surface area contributed by atoms with Crippen LogP contribution in [0.3, 0.4) is 0 Å². The molecule has 3 aromatic carbocycles. The first-order chi connectivity index (χ1) is 17.9. The molecule has 0 bridgehead atoms. The van der Waals surface area contributed by atoms with E-state index in [0.29, 0.717) is 17.5 Å². The standard InChI is InChI=1S/C27H27BrN6O2S/c1-18-9-12-22(13-10-18)29-17-25-31-33-27(34(25)23-7-5-4-6-8-23)37-19(2)26(35)32-30-16-20-15-21(28)11-14-24(20)36-3/h4-16,19,29H,17H2,1-3H3,(H,32,35)/b30-16+. The molecule has 1 aromatic heterocycles. The minimum absolute atomic E-state index is 0.253. The Hall–Kier alpha value is -3.63. The van der Waals surface area contributed by atoms with Crippen LogP contribution in [0.25, 0.3) is 5.69 Å². The predicted molar refractivity (Wildman–Crippen MR) is 152 cm³/mol. The van der Waals surface area contributed by atoms with E-state index in [1.54, 1.807) is 13.3 Å². The Kier molecular flexibility index (Phi) is 8.97. The quantitative estimate of drug-likeness (QED) is 0.145. The van der Waals surface area contributed by atoms with E-state index in [2.05, 4.69) is 61.0 Å². The summed E-state index contributed by atoms with van der Waals surface area (Å²) in [6.45, 7) is 4.34. The lowest BCUT2D eigenvalue weighted by molar-refractivity contribution is -0.120. The molecule has 4 rings (SSSR count). The third-order valence-electron chi connectivity index (χ3n) is 5.44. The van der Waals surface area contributed by atoms with Gasteiger partial charge in [0.15, 0.2) is 11.0 Å². The van der Waals surface area contributed by atoms with Gasteiger partial charge in [-0.2, -0.15) is 5.10 Å². The summed E-state index contributed by atoms with van der Waals surface area (Å²) in [6, 6.07) is 23.6. The molecule has 2 N–H and O–H groups in total. The highest BCUT2D eigenvalue weighted by atomic mass is 79.9. The summed E-state index contributed by atoms with van der Waals surface area (Å²) >= 11 is 4.75. The molecule has 0 spiro atoms. The first-order valence-electron chi connectivity index (χ1n) is 11.6. The average Bonchev–Trinajstić information content (AvgIpc) is 3.31. The number of thioether (sulfide) groups is 1. The lowest BCUT2D eigenvalue weighted by atomic mass is 10.2. The molecule has 1 heterocycles. The van der Waals surface area contributed by atoms with Crippen molar-refractivity contribution in [2.45, 2.75) is 30.8 Å². The van der Waals surface area contributed by atoms with Crippen LogP contribution >= 0.6 is 27.7 Å². The van der Waals surface area contributed by atoms with E-state index in [0.717, 1.165) is 27.2 Å². The van der Waals surface area contributed by atoms with Crippen molar-refractivity contribution in [3.63, 3.8) is 0 Å². The highest BCUT2D eigenvalue weighted by molar-refractivity contribution is 9.10. The number of ether oxygens (including phenoxy) is 1. The van der Waals surface area contributed by atoms with E-state index in [-0.39, 0.29) is 5.91 Å². The van der Waals surface area contributed by atoms with E-state index in [4.69, 9.17) is 4.74 Å². The zero-order valence-corrected chi connectivity index (χ0v) is 23.1. The molecule has 8 nitrogen and oxygen atoms in total. The lowest BCUT2D eigenvalue weighted by Gasteiger charge is -2.13. The van der Waals surface area contributed by atoms with Crippen molar-refractivity contribution < 1.29 is 9.53 Å². The lowest BCUT2D eigenvalue weighted by Crippen LogP contribution is -2.27. The molecule has 0 aliphatic heterocycles. The minimum atomic E-state index is -0.467. The number of nitrogens with one attached hydrogen (secondary N) is 2. The van der Waals surface area contributed by atoms with E-state index in [9.17, 15) is 4.79 Å². The molecule has 1 amide bonds. The third kappa shape index (κ3) is 6.99. The van der Waals surface area contributed by atoms with Gasteiger partial charge in [-0.3, -0.25) is 9.36 Å². The number of aryl methyl sites for hydroxylation is 1. The largest absolute Gasteiger partial charge is 0.496 e. The molecule has 0 radical (unpaired) electrons. The number of anilines is 1. The van der Waals surface area contributed by atoms with Crippen LogP contribution in [0.1, 0.15) is 23.9 Å². The second-order valence-corrected chi connectivity index (χ2v) is 10.4. The number of amides is 1. The Labute approximate surface area is 228 Å². The smallest absolute Gasteiger partial charge is 0.253 e. The Morgan fingerprint density at radius 1 is 1.14 bits per heavy atom. The number of rotatable bonds is 10. The highest BCUT2D eigenvalue weighted by Gasteiger charge is 2.21. The number of para-hydroxylation sites is 1. The van der Waals surface area contributed by atoms with E-state index < -0.39 is 5.25 Å². The number of hydrogen-bond acceptors (Lipinski definition) is 7. The summed E-state index contributed by atoms with van der Waals surface area (Å²) in [4.78, 5) is 12.8. The summed E-state index contributed by atoms with van der Waals surface area (Å²) in [5, 5.41) is 16.5. The Morgan fingerprint density at radius 2 is 1.89 bits per heavy atom. The number of hydrazone groups is 1. The second kappa shape index (κ2) is 12.6. The van der Waals surface area contributed by atoms with Gasteiger partial charge in [0.05, 0.1) is 25.1 Å². The maximum absolute atomic E-state index is 12.8. The summed E-state index contributed by atoms with van der Waals surface area (Å²) in [7, 11) is 1.59. The van der Waals surface area contributed by atoms with Crippen LogP contribution in [0.4, 0.5) is 5.69 Å². The fourth-order valence-electron chi connectivity index (χ4n) is 3.45. The zero-order valence-electron chi connectivity index (χ0n) is 20.7. The molecule has 1 unspecified atom stereocenters. The summed E-state index contributed by atoms with van der Waals surface area (Å²) in [5.74, 6) is 1.14. The van der Waals surface area contributed by atoms with Crippen LogP contribution in [-0.4, -0.2) is 39.2 Å². The minimum Gasteiger partial charge on any atom is -0.496 e. The molecule has 0 saturated carbocycles. The molecule has 190 valence electrons. The van der Waals surface area contributed by atoms with Crippen molar-refractivity contribution in [3.05, 3.63) is 94.2 Å². The molecule has 0 saturated heterocycles. The molecule has 0 fully saturated rings. The first kappa shape index (κ1) is 26.4. The number of carbonyl (C=O) groups excluding carboxylic acids is 1. The molecule has 4 aromatic rings. The fourth-order valence-corrected chi connectivity index (χ4v) is 4.71. The van der Waals surface area contributed by atoms with Crippen LogP contribution in [0.15, 0.2) is 87.5 Å².